The Labute approximate surface area is 123 Å². The molecule has 4 rings (SSSR count). The quantitative estimate of drug-likeness (QED) is 0.581. The van der Waals surface area contributed by atoms with Crippen LogP contribution in [0.1, 0.15) is 65.2 Å². The highest BCUT2D eigenvalue weighted by Crippen LogP contribution is 2.64. The van der Waals surface area contributed by atoms with E-state index in [1.54, 1.807) is 0 Å². The number of carbonyl (C=O) groups is 1. The summed E-state index contributed by atoms with van der Waals surface area (Å²) < 4.78 is 0. The summed E-state index contributed by atoms with van der Waals surface area (Å²) >= 11 is 0. The van der Waals surface area contributed by atoms with Gasteiger partial charge in [-0.3, -0.25) is 4.79 Å². The number of hydrogen-bond acceptors (Lipinski definition) is 1. The monoisotopic (exact) mass is 272 g/mol. The molecule has 4 aliphatic rings. The molecule has 0 saturated heterocycles. The zero-order valence-corrected chi connectivity index (χ0v) is 13.0. The van der Waals surface area contributed by atoms with Crippen molar-refractivity contribution in [2.24, 2.45) is 34.5 Å². The minimum atomic E-state index is 0.0505. The van der Waals surface area contributed by atoms with Gasteiger partial charge in [-0.2, -0.15) is 0 Å². The van der Waals surface area contributed by atoms with E-state index in [9.17, 15) is 4.79 Å². The summed E-state index contributed by atoms with van der Waals surface area (Å²) in [5.41, 5.74) is 0.583. The van der Waals surface area contributed by atoms with Crippen LogP contribution < -0.4 is 0 Å². The summed E-state index contributed by atoms with van der Waals surface area (Å²) in [6.45, 7) is 4.86. The van der Waals surface area contributed by atoms with Crippen LogP contribution in [0.3, 0.4) is 0 Å². The van der Waals surface area contributed by atoms with Gasteiger partial charge in [-0.1, -0.05) is 26.0 Å². The van der Waals surface area contributed by atoms with Crippen LogP contribution in [0.15, 0.2) is 12.2 Å². The molecule has 4 aliphatic carbocycles. The first kappa shape index (κ1) is 13.1. The average Bonchev–Trinajstić information content (AvgIpc) is 2.74. The van der Waals surface area contributed by atoms with Gasteiger partial charge in [-0.05, 0) is 74.0 Å². The van der Waals surface area contributed by atoms with E-state index in [1.807, 2.05) is 0 Å². The van der Waals surface area contributed by atoms with Gasteiger partial charge in [-0.25, -0.2) is 0 Å². The standard InChI is InChI=1S/C19H28O/c1-18-11-4-3-5-13(18)6-7-14-15-8-9-17(20)19(15,2)12-10-16(14)18/h3-4,13-16H,5-12H2,1-2H3/t13-,14+,15+,16+,18-,19-/m0/s1. The van der Waals surface area contributed by atoms with E-state index in [0.717, 1.165) is 24.2 Å². The number of fused-ring (bicyclic) bond motifs is 5. The summed E-state index contributed by atoms with van der Waals surface area (Å²) in [6, 6.07) is 0. The third-order valence-corrected chi connectivity index (χ3v) is 7.92. The highest BCUT2D eigenvalue weighted by Gasteiger charge is 2.59. The molecule has 0 unspecified atom stereocenters. The predicted molar refractivity (Wildman–Crippen MR) is 81.3 cm³/mol. The Morgan fingerprint density at radius 2 is 1.90 bits per heavy atom. The van der Waals surface area contributed by atoms with Crippen molar-refractivity contribution in [2.75, 3.05) is 0 Å². The molecular weight excluding hydrogens is 244 g/mol. The summed E-state index contributed by atoms with van der Waals surface area (Å²) in [5.74, 6) is 3.92. The third kappa shape index (κ3) is 1.53. The van der Waals surface area contributed by atoms with Crippen LogP contribution in [0.25, 0.3) is 0 Å². The van der Waals surface area contributed by atoms with E-state index < -0.39 is 0 Å². The number of allylic oxidation sites excluding steroid dienone is 2. The Morgan fingerprint density at radius 3 is 2.75 bits per heavy atom. The molecule has 20 heavy (non-hydrogen) atoms. The average molecular weight is 272 g/mol. The van der Waals surface area contributed by atoms with Crippen LogP contribution >= 0.6 is 0 Å². The van der Waals surface area contributed by atoms with Crippen LogP contribution in [0.5, 0.6) is 0 Å². The van der Waals surface area contributed by atoms with Gasteiger partial charge in [0.15, 0.2) is 0 Å². The van der Waals surface area contributed by atoms with Crippen molar-refractivity contribution in [1.29, 1.82) is 0 Å². The van der Waals surface area contributed by atoms with E-state index in [1.165, 1.54) is 44.9 Å². The molecule has 0 N–H and O–H groups in total. The van der Waals surface area contributed by atoms with Crippen molar-refractivity contribution < 1.29 is 4.79 Å². The van der Waals surface area contributed by atoms with Crippen molar-refractivity contribution in [1.82, 2.24) is 0 Å². The second-order valence-electron chi connectivity index (χ2n) is 8.49. The molecular formula is C19H28O. The predicted octanol–water partition coefficient (Wildman–Crippen LogP) is 4.76. The van der Waals surface area contributed by atoms with Gasteiger partial charge in [0.2, 0.25) is 0 Å². The Bertz CT molecular complexity index is 464. The first-order valence-electron chi connectivity index (χ1n) is 8.74. The fourth-order valence-electron chi connectivity index (χ4n) is 6.61. The SMILES string of the molecule is C[C@]12CC=CC[C@H]1CC[C@H]1[C@H]2CC[C@]2(C)C(=O)CC[C@H]12. The maximum absolute atomic E-state index is 12.4. The largest absolute Gasteiger partial charge is 0.299 e. The van der Waals surface area contributed by atoms with E-state index in [2.05, 4.69) is 26.0 Å². The molecule has 3 fully saturated rings. The molecule has 0 bridgehead atoms. The van der Waals surface area contributed by atoms with Crippen molar-refractivity contribution in [3.8, 4) is 0 Å². The minimum absolute atomic E-state index is 0.0505. The Balaban J connectivity index is 1.68. The zero-order chi connectivity index (χ0) is 14.0. The highest BCUT2D eigenvalue weighted by molar-refractivity contribution is 5.87. The van der Waals surface area contributed by atoms with Crippen LogP contribution in [0.4, 0.5) is 0 Å². The number of hydrogen-bond donors (Lipinski definition) is 0. The van der Waals surface area contributed by atoms with Crippen molar-refractivity contribution in [2.45, 2.75) is 65.2 Å². The topological polar surface area (TPSA) is 17.1 Å². The van der Waals surface area contributed by atoms with Gasteiger partial charge in [0.05, 0.1) is 0 Å². The lowest BCUT2D eigenvalue weighted by Gasteiger charge is -2.58. The number of rotatable bonds is 0. The second-order valence-corrected chi connectivity index (χ2v) is 8.49. The van der Waals surface area contributed by atoms with Crippen LogP contribution in [-0.4, -0.2) is 5.78 Å². The Morgan fingerprint density at radius 1 is 1.05 bits per heavy atom. The molecule has 1 heteroatoms. The molecule has 3 saturated carbocycles. The molecule has 110 valence electrons. The summed E-state index contributed by atoms with van der Waals surface area (Å²) in [6.07, 6.45) is 14.8. The van der Waals surface area contributed by atoms with E-state index in [-0.39, 0.29) is 5.41 Å². The van der Waals surface area contributed by atoms with Crippen molar-refractivity contribution in [3.05, 3.63) is 12.2 Å². The first-order chi connectivity index (χ1) is 9.56. The molecule has 0 amide bonds. The van der Waals surface area contributed by atoms with Crippen molar-refractivity contribution in [3.63, 3.8) is 0 Å². The lowest BCUT2D eigenvalue weighted by Crippen LogP contribution is -2.52. The molecule has 6 atom stereocenters. The van der Waals surface area contributed by atoms with E-state index in [0.29, 0.717) is 17.1 Å². The maximum atomic E-state index is 12.4. The molecule has 0 aliphatic heterocycles. The molecule has 0 radical (unpaired) electrons. The van der Waals surface area contributed by atoms with Crippen LogP contribution in [-0.2, 0) is 4.79 Å². The molecule has 1 nitrogen and oxygen atoms in total. The third-order valence-electron chi connectivity index (χ3n) is 7.92. The maximum Gasteiger partial charge on any atom is 0.139 e. The van der Waals surface area contributed by atoms with Gasteiger partial charge in [-0.15, -0.1) is 0 Å². The minimum Gasteiger partial charge on any atom is -0.299 e. The Hall–Kier alpha value is -0.590. The van der Waals surface area contributed by atoms with Gasteiger partial charge in [0, 0.05) is 11.8 Å². The van der Waals surface area contributed by atoms with Gasteiger partial charge < -0.3 is 0 Å². The van der Waals surface area contributed by atoms with Crippen LogP contribution in [0.2, 0.25) is 0 Å². The molecule has 0 aromatic rings. The fraction of sp³-hybridized carbons (Fsp3) is 0.842. The molecule has 0 heterocycles. The number of carbonyl (C=O) groups excluding carboxylic acids is 1. The fourth-order valence-corrected chi connectivity index (χ4v) is 6.61. The van der Waals surface area contributed by atoms with Gasteiger partial charge >= 0.3 is 0 Å². The summed E-state index contributed by atoms with van der Waals surface area (Å²) in [4.78, 5) is 12.4. The molecule has 0 spiro atoms. The smallest absolute Gasteiger partial charge is 0.139 e. The number of ketones is 1. The van der Waals surface area contributed by atoms with Gasteiger partial charge in [0.1, 0.15) is 5.78 Å². The zero-order valence-electron chi connectivity index (χ0n) is 13.0. The number of Topliss-reactive ketones (excluding diaryl/α,β-unsaturated/α-hetero) is 1. The second kappa shape index (κ2) is 4.21. The molecule has 0 aromatic carbocycles. The lowest BCUT2D eigenvalue weighted by molar-refractivity contribution is -0.136. The highest BCUT2D eigenvalue weighted by atomic mass is 16.1. The van der Waals surface area contributed by atoms with E-state index >= 15 is 0 Å². The van der Waals surface area contributed by atoms with E-state index in [4.69, 9.17) is 0 Å². The first-order valence-corrected chi connectivity index (χ1v) is 8.74. The Kier molecular flexibility index (Phi) is 2.76. The molecule has 0 aromatic heterocycles. The summed E-state index contributed by atoms with van der Waals surface area (Å²) in [5, 5.41) is 0. The normalized spacial score (nSPS) is 54.2. The lowest BCUT2D eigenvalue weighted by atomic mass is 9.46. The van der Waals surface area contributed by atoms with Crippen molar-refractivity contribution >= 4 is 5.78 Å². The van der Waals surface area contributed by atoms with Crippen LogP contribution in [0, 0.1) is 34.5 Å². The van der Waals surface area contributed by atoms with Gasteiger partial charge in [0.25, 0.3) is 0 Å². The summed E-state index contributed by atoms with van der Waals surface area (Å²) in [7, 11) is 0.